The van der Waals surface area contributed by atoms with Crippen molar-refractivity contribution in [2.24, 2.45) is 5.10 Å². The van der Waals surface area contributed by atoms with Crippen molar-refractivity contribution in [2.75, 3.05) is 19.0 Å². The molecular formula is C17H15F3IN3O3. The highest BCUT2D eigenvalue weighted by Crippen LogP contribution is 2.32. The molecule has 2 aromatic rings. The molecule has 0 atom stereocenters. The van der Waals surface area contributed by atoms with Gasteiger partial charge in [-0.2, -0.15) is 18.3 Å². The molecule has 0 saturated heterocycles. The molecule has 0 aliphatic heterocycles. The molecule has 1 amide bonds. The van der Waals surface area contributed by atoms with Crippen LogP contribution in [0.3, 0.4) is 0 Å². The highest BCUT2D eigenvalue weighted by molar-refractivity contribution is 14.1. The van der Waals surface area contributed by atoms with Crippen LogP contribution >= 0.6 is 22.6 Å². The van der Waals surface area contributed by atoms with Gasteiger partial charge in [0.25, 0.3) is 5.91 Å². The topological polar surface area (TPSA) is 83.0 Å². The second-order valence-corrected chi connectivity index (χ2v) is 6.44. The Balaban J connectivity index is 1.92. The average Bonchev–Trinajstić information content (AvgIpc) is 2.62. The molecule has 0 radical (unpaired) electrons. The Bertz CT molecular complexity index is 857. The van der Waals surface area contributed by atoms with Crippen LogP contribution in [0.1, 0.15) is 11.1 Å². The van der Waals surface area contributed by atoms with Gasteiger partial charge in [-0.25, -0.2) is 5.43 Å². The number of phenolic OH excluding ortho intramolecular Hbond substituents is 1. The van der Waals surface area contributed by atoms with Gasteiger partial charge < -0.3 is 15.2 Å². The van der Waals surface area contributed by atoms with Crippen molar-refractivity contribution >= 4 is 40.4 Å². The normalized spacial score (nSPS) is 11.4. The number of alkyl halides is 3. The molecule has 0 fully saturated rings. The van der Waals surface area contributed by atoms with Crippen LogP contribution in [0.4, 0.5) is 18.9 Å². The predicted octanol–water partition coefficient (Wildman–Crippen LogP) is 3.59. The standard InChI is InChI=1S/C17H15F3IN3O3/c1-27-14-6-10(5-13(21)16(14)26)8-23-24-15(25)9-22-12-4-2-3-11(7-12)17(18,19)20/h2-8,22,26H,9H2,1H3,(H,24,25)/b23-8-. The smallest absolute Gasteiger partial charge is 0.416 e. The number of carbonyl (C=O) groups excluding carboxylic acids is 1. The minimum Gasteiger partial charge on any atom is -0.504 e. The Kier molecular flexibility index (Phi) is 6.88. The molecule has 144 valence electrons. The lowest BCUT2D eigenvalue weighted by Crippen LogP contribution is -2.26. The molecule has 27 heavy (non-hydrogen) atoms. The van der Waals surface area contributed by atoms with Gasteiger partial charge in [0.2, 0.25) is 0 Å². The van der Waals surface area contributed by atoms with E-state index >= 15 is 0 Å². The molecule has 0 unspecified atom stereocenters. The molecule has 10 heteroatoms. The highest BCUT2D eigenvalue weighted by atomic mass is 127. The summed E-state index contributed by atoms with van der Waals surface area (Å²) < 4.78 is 43.5. The summed E-state index contributed by atoms with van der Waals surface area (Å²) in [5, 5.41) is 16.1. The van der Waals surface area contributed by atoms with Crippen molar-refractivity contribution in [1.82, 2.24) is 5.43 Å². The van der Waals surface area contributed by atoms with E-state index in [-0.39, 0.29) is 23.7 Å². The zero-order valence-corrected chi connectivity index (χ0v) is 16.1. The molecule has 0 spiro atoms. The van der Waals surface area contributed by atoms with E-state index in [9.17, 15) is 23.1 Å². The number of phenols is 1. The third kappa shape index (κ3) is 6.01. The fourth-order valence-electron chi connectivity index (χ4n) is 2.03. The Morgan fingerprint density at radius 1 is 1.33 bits per heavy atom. The van der Waals surface area contributed by atoms with Crippen molar-refractivity contribution in [3.63, 3.8) is 0 Å². The summed E-state index contributed by atoms with van der Waals surface area (Å²) in [6.45, 7) is -0.255. The van der Waals surface area contributed by atoms with E-state index < -0.39 is 17.6 Å². The summed E-state index contributed by atoms with van der Waals surface area (Å²) in [6, 6.07) is 7.71. The van der Waals surface area contributed by atoms with Crippen LogP contribution in [-0.2, 0) is 11.0 Å². The van der Waals surface area contributed by atoms with E-state index in [1.807, 2.05) is 22.6 Å². The number of nitrogens with zero attached hydrogens (tertiary/aromatic N) is 1. The highest BCUT2D eigenvalue weighted by Gasteiger charge is 2.30. The minimum atomic E-state index is -4.45. The molecular weight excluding hydrogens is 478 g/mol. The van der Waals surface area contributed by atoms with Gasteiger partial charge in [-0.15, -0.1) is 0 Å². The van der Waals surface area contributed by atoms with Crippen LogP contribution < -0.4 is 15.5 Å². The number of ether oxygens (including phenoxy) is 1. The number of carbonyl (C=O) groups is 1. The van der Waals surface area contributed by atoms with Gasteiger partial charge in [0.05, 0.1) is 29.0 Å². The lowest BCUT2D eigenvalue weighted by molar-refractivity contribution is -0.137. The fourth-order valence-corrected chi connectivity index (χ4v) is 2.66. The second-order valence-electron chi connectivity index (χ2n) is 5.28. The third-order valence-electron chi connectivity index (χ3n) is 3.32. The minimum absolute atomic E-state index is 0.00423. The van der Waals surface area contributed by atoms with E-state index in [0.29, 0.717) is 9.13 Å². The summed E-state index contributed by atoms with van der Waals surface area (Å²) in [7, 11) is 1.41. The summed E-state index contributed by atoms with van der Waals surface area (Å²) >= 11 is 1.92. The number of amides is 1. The maximum atomic E-state index is 12.7. The molecule has 0 aliphatic carbocycles. The van der Waals surface area contributed by atoms with E-state index in [1.165, 1.54) is 31.5 Å². The van der Waals surface area contributed by atoms with Crippen LogP contribution in [-0.4, -0.2) is 30.9 Å². The Labute approximate surface area is 166 Å². The van der Waals surface area contributed by atoms with Crippen molar-refractivity contribution in [3.8, 4) is 11.5 Å². The van der Waals surface area contributed by atoms with Crippen molar-refractivity contribution in [3.05, 3.63) is 51.1 Å². The number of hydrogen-bond acceptors (Lipinski definition) is 5. The first-order chi connectivity index (χ1) is 12.7. The van der Waals surface area contributed by atoms with Crippen LogP contribution in [0.5, 0.6) is 11.5 Å². The molecule has 6 nitrogen and oxygen atoms in total. The molecule has 2 rings (SSSR count). The van der Waals surface area contributed by atoms with E-state index in [0.717, 1.165) is 12.1 Å². The van der Waals surface area contributed by atoms with Crippen molar-refractivity contribution in [2.45, 2.75) is 6.18 Å². The van der Waals surface area contributed by atoms with Gasteiger partial charge in [-0.1, -0.05) is 6.07 Å². The number of halogens is 4. The molecule has 0 saturated carbocycles. The van der Waals surface area contributed by atoms with Gasteiger partial charge in [0, 0.05) is 5.69 Å². The first-order valence-electron chi connectivity index (χ1n) is 7.50. The lowest BCUT2D eigenvalue weighted by atomic mass is 10.2. The molecule has 2 aromatic carbocycles. The first kappa shape index (κ1) is 20.8. The number of methoxy groups -OCH3 is 1. The zero-order valence-electron chi connectivity index (χ0n) is 14.0. The van der Waals surface area contributed by atoms with E-state index in [2.05, 4.69) is 15.8 Å². The fraction of sp³-hybridized carbons (Fsp3) is 0.176. The van der Waals surface area contributed by atoms with Crippen LogP contribution in [0.15, 0.2) is 41.5 Å². The second kappa shape index (κ2) is 8.93. The van der Waals surface area contributed by atoms with E-state index in [4.69, 9.17) is 4.74 Å². The van der Waals surface area contributed by atoms with E-state index in [1.54, 1.807) is 6.07 Å². The van der Waals surface area contributed by atoms with Crippen molar-refractivity contribution in [1.29, 1.82) is 0 Å². The quantitative estimate of drug-likeness (QED) is 0.327. The predicted molar refractivity (Wildman–Crippen MR) is 103 cm³/mol. The Morgan fingerprint density at radius 3 is 2.74 bits per heavy atom. The van der Waals surface area contributed by atoms with Gasteiger partial charge in [-0.05, 0) is 58.5 Å². The number of benzene rings is 2. The molecule has 0 aliphatic rings. The van der Waals surface area contributed by atoms with Gasteiger partial charge >= 0.3 is 6.18 Å². The average molecular weight is 493 g/mol. The van der Waals surface area contributed by atoms with Crippen LogP contribution in [0.25, 0.3) is 0 Å². The van der Waals surface area contributed by atoms with Gasteiger partial charge in [-0.3, -0.25) is 4.79 Å². The number of nitrogens with one attached hydrogen (secondary N) is 2. The van der Waals surface area contributed by atoms with Crippen LogP contribution in [0, 0.1) is 3.57 Å². The lowest BCUT2D eigenvalue weighted by Gasteiger charge is -2.10. The van der Waals surface area contributed by atoms with Crippen molar-refractivity contribution < 1.29 is 27.8 Å². The summed E-state index contributed by atoms with van der Waals surface area (Å²) in [5.41, 5.74) is 2.21. The number of aromatic hydroxyl groups is 1. The number of hydrazone groups is 1. The first-order valence-corrected chi connectivity index (χ1v) is 8.58. The SMILES string of the molecule is COc1cc(/C=N\NC(=O)CNc2cccc(C(F)(F)F)c2)cc(I)c1O. The summed E-state index contributed by atoms with van der Waals surface area (Å²) in [6.07, 6.45) is -3.10. The van der Waals surface area contributed by atoms with Gasteiger partial charge in [0.1, 0.15) is 0 Å². The zero-order chi connectivity index (χ0) is 20.0. The number of anilines is 1. The monoisotopic (exact) mass is 493 g/mol. The Hall–Kier alpha value is -2.50. The largest absolute Gasteiger partial charge is 0.504 e. The number of hydrogen-bond donors (Lipinski definition) is 3. The molecule has 0 bridgehead atoms. The molecule has 0 heterocycles. The summed E-state index contributed by atoms with van der Waals surface area (Å²) in [5.74, 6) is -0.269. The maximum absolute atomic E-state index is 12.7. The Morgan fingerprint density at radius 2 is 2.07 bits per heavy atom. The molecule has 0 aromatic heterocycles. The van der Waals surface area contributed by atoms with Crippen LogP contribution in [0.2, 0.25) is 0 Å². The van der Waals surface area contributed by atoms with Gasteiger partial charge in [0.15, 0.2) is 11.5 Å². The number of rotatable bonds is 6. The third-order valence-corrected chi connectivity index (χ3v) is 4.14. The summed E-state index contributed by atoms with van der Waals surface area (Å²) in [4.78, 5) is 11.8. The maximum Gasteiger partial charge on any atom is 0.416 e. The molecule has 3 N–H and O–H groups in total.